The van der Waals surface area contributed by atoms with Gasteiger partial charge in [-0.15, -0.1) is 0 Å². The van der Waals surface area contributed by atoms with Gasteiger partial charge in [-0.25, -0.2) is 14.4 Å². The second-order valence-corrected chi connectivity index (χ2v) is 8.93. The molecule has 35 heavy (non-hydrogen) atoms. The Balaban J connectivity index is 1.64. The Morgan fingerprint density at radius 3 is 2.77 bits per heavy atom. The molecule has 0 amide bonds. The number of hydrogen-bond donors (Lipinski definition) is 0. The number of anilines is 1. The molecule has 1 aromatic carbocycles. The van der Waals surface area contributed by atoms with Gasteiger partial charge in [-0.1, -0.05) is 11.6 Å². The largest absolute Gasteiger partial charge is 0.481 e. The van der Waals surface area contributed by atoms with Crippen molar-refractivity contribution in [3.8, 4) is 17.0 Å². The van der Waals surface area contributed by atoms with Gasteiger partial charge in [0.25, 0.3) is 5.56 Å². The van der Waals surface area contributed by atoms with Crippen molar-refractivity contribution in [3.05, 3.63) is 86.8 Å². The number of morpholine rings is 1. The number of benzene rings is 1. The zero-order chi connectivity index (χ0) is 24.7. The molecular weight excluding hydrogens is 471 g/mol. The molecule has 0 bridgehead atoms. The highest BCUT2D eigenvalue weighted by atomic mass is 35.5. The summed E-state index contributed by atoms with van der Waals surface area (Å²) < 4.78 is 27.8. The van der Waals surface area contributed by atoms with E-state index in [-0.39, 0.29) is 11.7 Å². The van der Waals surface area contributed by atoms with Crippen molar-refractivity contribution in [2.45, 2.75) is 20.0 Å². The first kappa shape index (κ1) is 23.3. The molecule has 1 fully saturated rings. The van der Waals surface area contributed by atoms with Gasteiger partial charge in [-0.05, 0) is 49.7 Å². The van der Waals surface area contributed by atoms with Crippen molar-refractivity contribution in [3.63, 3.8) is 0 Å². The molecular formula is C26H24ClFN4O3. The van der Waals surface area contributed by atoms with Crippen LogP contribution in [0.4, 0.5) is 10.1 Å². The summed E-state index contributed by atoms with van der Waals surface area (Å²) >= 11 is 6.00. The van der Waals surface area contributed by atoms with Gasteiger partial charge in [0.05, 0.1) is 19.4 Å². The van der Waals surface area contributed by atoms with Crippen LogP contribution in [0.25, 0.3) is 16.8 Å². The average Bonchev–Trinajstić information content (AvgIpc) is 2.87. The Bertz CT molecular complexity index is 1490. The highest BCUT2D eigenvalue weighted by Gasteiger charge is 2.25. The third kappa shape index (κ3) is 4.35. The van der Waals surface area contributed by atoms with Gasteiger partial charge in [0.1, 0.15) is 17.6 Å². The molecule has 1 aliphatic rings. The zero-order valence-electron chi connectivity index (χ0n) is 19.6. The summed E-state index contributed by atoms with van der Waals surface area (Å²) in [6.07, 6.45) is 3.23. The van der Waals surface area contributed by atoms with Gasteiger partial charge in [-0.3, -0.25) is 9.20 Å². The van der Waals surface area contributed by atoms with Crippen LogP contribution in [0.2, 0.25) is 5.02 Å². The van der Waals surface area contributed by atoms with Gasteiger partial charge >= 0.3 is 0 Å². The van der Waals surface area contributed by atoms with E-state index in [2.05, 4.69) is 14.9 Å². The predicted molar refractivity (Wildman–Crippen MR) is 133 cm³/mol. The number of nitrogens with zero attached hydrogens (tertiary/aromatic N) is 4. The summed E-state index contributed by atoms with van der Waals surface area (Å²) in [6.45, 7) is 5.15. The van der Waals surface area contributed by atoms with Crippen molar-refractivity contribution in [2.75, 3.05) is 31.7 Å². The van der Waals surface area contributed by atoms with Crippen LogP contribution in [-0.2, 0) is 4.74 Å². The van der Waals surface area contributed by atoms with E-state index in [9.17, 15) is 4.79 Å². The number of ether oxygens (including phenoxy) is 2. The quantitative estimate of drug-likeness (QED) is 0.408. The van der Waals surface area contributed by atoms with Gasteiger partial charge in [0.2, 0.25) is 5.88 Å². The monoisotopic (exact) mass is 494 g/mol. The fourth-order valence-corrected chi connectivity index (χ4v) is 4.48. The number of aromatic nitrogens is 3. The van der Waals surface area contributed by atoms with Gasteiger partial charge in [0, 0.05) is 59.0 Å². The number of aryl methyl sites for hydroxylation is 1. The Morgan fingerprint density at radius 1 is 1.17 bits per heavy atom. The second kappa shape index (κ2) is 9.28. The van der Waals surface area contributed by atoms with Crippen LogP contribution < -0.4 is 15.2 Å². The molecule has 0 N–H and O–H groups in total. The van der Waals surface area contributed by atoms with Crippen LogP contribution in [-0.4, -0.2) is 41.2 Å². The summed E-state index contributed by atoms with van der Waals surface area (Å²) in [5.41, 5.74) is 3.92. The van der Waals surface area contributed by atoms with Crippen molar-refractivity contribution in [2.24, 2.45) is 0 Å². The molecule has 1 atom stereocenters. The lowest BCUT2D eigenvalue weighted by Crippen LogP contribution is -2.38. The molecule has 1 aliphatic heterocycles. The number of methoxy groups -OCH3 is 1. The molecule has 5 rings (SSSR count). The van der Waals surface area contributed by atoms with E-state index in [4.69, 9.17) is 21.1 Å². The molecule has 1 saturated heterocycles. The van der Waals surface area contributed by atoms with E-state index < -0.39 is 5.82 Å². The molecule has 180 valence electrons. The zero-order valence-corrected chi connectivity index (χ0v) is 20.3. The molecule has 9 heteroatoms. The maximum atomic E-state index is 15.0. The lowest BCUT2D eigenvalue weighted by molar-refractivity contribution is 0.0396. The highest BCUT2D eigenvalue weighted by molar-refractivity contribution is 6.30. The topological polar surface area (TPSA) is 69.0 Å². The maximum Gasteiger partial charge on any atom is 0.261 e. The Morgan fingerprint density at radius 2 is 2.00 bits per heavy atom. The molecule has 0 aliphatic carbocycles. The van der Waals surface area contributed by atoms with Crippen molar-refractivity contribution < 1.29 is 13.9 Å². The molecule has 0 radical (unpaired) electrons. The molecule has 4 aromatic rings. The van der Waals surface area contributed by atoms with E-state index in [0.29, 0.717) is 58.6 Å². The van der Waals surface area contributed by atoms with Crippen LogP contribution in [0.15, 0.2) is 53.6 Å². The molecule has 7 nitrogen and oxygen atoms in total. The summed E-state index contributed by atoms with van der Waals surface area (Å²) in [7, 11) is 1.57. The fraction of sp³-hybridized carbons (Fsp3) is 0.269. The average molecular weight is 495 g/mol. The lowest BCUT2D eigenvalue weighted by atomic mass is 10.0. The van der Waals surface area contributed by atoms with Crippen LogP contribution in [0, 0.1) is 19.7 Å². The fourth-order valence-electron chi connectivity index (χ4n) is 4.32. The van der Waals surface area contributed by atoms with Crippen LogP contribution >= 0.6 is 11.6 Å². The van der Waals surface area contributed by atoms with Gasteiger partial charge in [-0.2, -0.15) is 0 Å². The van der Waals surface area contributed by atoms with Crippen molar-refractivity contribution in [1.29, 1.82) is 0 Å². The van der Waals surface area contributed by atoms with Gasteiger partial charge < -0.3 is 14.4 Å². The SMILES string of the molecule is COc1cc([C@H]2CN(c3cc(-c4ccc(Cl)cc4F)c4nc(C)c(C)c(=O)n4c3)CCO2)ccn1. The number of rotatable bonds is 4. The number of pyridine rings is 2. The predicted octanol–water partition coefficient (Wildman–Crippen LogP) is 4.75. The van der Waals surface area contributed by atoms with E-state index in [0.717, 1.165) is 11.3 Å². The molecule has 0 saturated carbocycles. The Labute approximate surface area is 206 Å². The number of fused-ring (bicyclic) bond motifs is 1. The third-order valence-corrected chi connectivity index (χ3v) is 6.61. The summed E-state index contributed by atoms with van der Waals surface area (Å²) in [4.78, 5) is 24.1. The smallest absolute Gasteiger partial charge is 0.261 e. The van der Waals surface area contributed by atoms with E-state index in [1.807, 2.05) is 18.2 Å². The first-order chi connectivity index (χ1) is 16.9. The first-order valence-corrected chi connectivity index (χ1v) is 11.6. The number of halogens is 2. The van der Waals surface area contributed by atoms with Crippen molar-refractivity contribution >= 4 is 22.9 Å². The molecule has 0 spiro atoms. The standard InChI is InChI=1S/C26H24ClFN4O3/c1-15-16(2)30-25-21(20-5-4-18(27)11-22(20)28)12-19(13-32(25)26(15)33)31-8-9-35-23(14-31)17-6-7-29-24(10-17)34-3/h4-7,10-13,23H,8-9,14H2,1-3H3/t23-/m1/s1. The van der Waals surface area contributed by atoms with E-state index in [1.165, 1.54) is 10.5 Å². The summed E-state index contributed by atoms with van der Waals surface area (Å²) in [6, 6.07) is 10.1. The van der Waals surface area contributed by atoms with E-state index >= 15 is 4.39 Å². The first-order valence-electron chi connectivity index (χ1n) is 11.2. The Kier molecular flexibility index (Phi) is 6.17. The van der Waals surface area contributed by atoms with Crippen LogP contribution in [0.5, 0.6) is 5.88 Å². The minimum absolute atomic E-state index is 0.186. The third-order valence-electron chi connectivity index (χ3n) is 6.37. The van der Waals surface area contributed by atoms with Gasteiger partial charge in [0.15, 0.2) is 0 Å². The Hall–Kier alpha value is -3.49. The summed E-state index contributed by atoms with van der Waals surface area (Å²) in [5, 5.41) is 0.299. The highest BCUT2D eigenvalue weighted by Crippen LogP contribution is 2.33. The molecule has 4 heterocycles. The minimum Gasteiger partial charge on any atom is -0.481 e. The normalized spacial score (nSPS) is 16.0. The number of hydrogen-bond acceptors (Lipinski definition) is 6. The van der Waals surface area contributed by atoms with E-state index in [1.54, 1.807) is 45.5 Å². The van der Waals surface area contributed by atoms with Crippen LogP contribution in [0.1, 0.15) is 22.9 Å². The molecule has 3 aromatic heterocycles. The van der Waals surface area contributed by atoms with Crippen LogP contribution in [0.3, 0.4) is 0 Å². The maximum absolute atomic E-state index is 15.0. The second-order valence-electron chi connectivity index (χ2n) is 8.49. The lowest BCUT2D eigenvalue weighted by Gasteiger charge is -2.35. The van der Waals surface area contributed by atoms with Crippen molar-refractivity contribution in [1.82, 2.24) is 14.4 Å². The summed E-state index contributed by atoms with van der Waals surface area (Å²) in [5.74, 6) is 0.0330. The molecule has 0 unspecified atom stereocenters. The minimum atomic E-state index is -0.479.